The molecule has 4 aromatic rings. The maximum atomic E-state index is 14.9. The molecule has 14 heteroatoms. The van der Waals surface area contributed by atoms with Gasteiger partial charge in [0, 0.05) is 48.6 Å². The van der Waals surface area contributed by atoms with Crippen molar-refractivity contribution < 1.29 is 36.4 Å². The van der Waals surface area contributed by atoms with Crippen LogP contribution in [0.5, 0.6) is 0 Å². The number of anilines is 1. The van der Waals surface area contributed by atoms with Crippen molar-refractivity contribution in [2.45, 2.75) is 57.7 Å². The van der Waals surface area contributed by atoms with Gasteiger partial charge in [0.15, 0.2) is 11.6 Å². The summed E-state index contributed by atoms with van der Waals surface area (Å²) in [6.07, 6.45) is 0.236. The van der Waals surface area contributed by atoms with E-state index in [2.05, 4.69) is 25.5 Å². The Morgan fingerprint density at radius 2 is 1.83 bits per heavy atom. The number of aromatic nitrogens is 5. The summed E-state index contributed by atoms with van der Waals surface area (Å²) in [7, 11) is 0. The summed E-state index contributed by atoms with van der Waals surface area (Å²) < 4.78 is 66.2. The number of benzene rings is 1. The number of hydrogen-bond donors (Lipinski definition) is 1. The minimum absolute atomic E-state index is 0.0904. The van der Waals surface area contributed by atoms with Crippen LogP contribution in [0.4, 0.5) is 23.4 Å². The highest BCUT2D eigenvalue weighted by molar-refractivity contribution is 5.91. The van der Waals surface area contributed by atoms with Crippen LogP contribution in [0.15, 0.2) is 47.4 Å². The Balaban J connectivity index is 1.18. The van der Waals surface area contributed by atoms with E-state index in [1.54, 1.807) is 29.3 Å². The number of rotatable bonds is 10. The van der Waals surface area contributed by atoms with Crippen molar-refractivity contribution in [2.24, 2.45) is 0 Å². The van der Waals surface area contributed by atoms with Gasteiger partial charge in [0.2, 0.25) is 5.91 Å². The number of ether oxygens (including phenoxy) is 1. The number of nitrogens with zero attached hydrogens (tertiary/aromatic N) is 5. The molecule has 0 bridgehead atoms. The Labute approximate surface area is 237 Å². The summed E-state index contributed by atoms with van der Waals surface area (Å²) in [6.45, 7) is 3.89. The lowest BCUT2D eigenvalue weighted by Crippen LogP contribution is -2.28. The number of nitrogens with one attached hydrogen (secondary N) is 1. The van der Waals surface area contributed by atoms with E-state index in [-0.39, 0.29) is 49.0 Å². The van der Waals surface area contributed by atoms with Gasteiger partial charge in [0.25, 0.3) is 0 Å². The summed E-state index contributed by atoms with van der Waals surface area (Å²) in [4.78, 5) is 32.1. The fourth-order valence-electron chi connectivity index (χ4n) is 4.51. The van der Waals surface area contributed by atoms with E-state index in [1.807, 2.05) is 6.92 Å². The molecule has 10 nitrogen and oxygen atoms in total. The van der Waals surface area contributed by atoms with Crippen LogP contribution in [0.25, 0.3) is 11.1 Å². The van der Waals surface area contributed by atoms with Gasteiger partial charge in [-0.3, -0.25) is 14.3 Å². The van der Waals surface area contributed by atoms with Gasteiger partial charge in [-0.05, 0) is 37.0 Å². The average Bonchev–Trinajstić information content (AvgIpc) is 3.53. The molecule has 0 saturated heterocycles. The zero-order chi connectivity index (χ0) is 30.1. The first kappa shape index (κ1) is 28.9. The second-order valence-electron chi connectivity index (χ2n) is 10.1. The Morgan fingerprint density at radius 1 is 1.10 bits per heavy atom. The van der Waals surface area contributed by atoms with Gasteiger partial charge in [0.05, 0.1) is 19.2 Å². The molecule has 0 radical (unpaired) electrons. The van der Waals surface area contributed by atoms with E-state index in [0.717, 1.165) is 17.3 Å². The topological polar surface area (TPSA) is 125 Å². The summed E-state index contributed by atoms with van der Waals surface area (Å²) in [6, 6.07) is 5.38. The second kappa shape index (κ2) is 11.3. The van der Waals surface area contributed by atoms with Crippen LogP contribution in [0.1, 0.15) is 48.2 Å². The summed E-state index contributed by atoms with van der Waals surface area (Å²) in [5.41, 5.74) is 0.911. The van der Waals surface area contributed by atoms with Crippen LogP contribution < -0.4 is 5.32 Å². The number of hydrogen-bond acceptors (Lipinski definition) is 8. The van der Waals surface area contributed by atoms with Gasteiger partial charge in [-0.1, -0.05) is 17.3 Å². The summed E-state index contributed by atoms with van der Waals surface area (Å²) >= 11 is 0. The molecule has 0 unspecified atom stereocenters. The monoisotopic (exact) mass is 586 g/mol. The van der Waals surface area contributed by atoms with E-state index in [1.165, 1.54) is 19.1 Å². The van der Waals surface area contributed by atoms with Crippen molar-refractivity contribution in [3.8, 4) is 11.1 Å². The minimum atomic E-state index is -4.47. The molecule has 1 amide bonds. The fourth-order valence-corrected chi connectivity index (χ4v) is 4.51. The van der Waals surface area contributed by atoms with E-state index >= 15 is 0 Å². The Bertz CT molecular complexity index is 1610. The third kappa shape index (κ3) is 6.16. The summed E-state index contributed by atoms with van der Waals surface area (Å²) in [5, 5.41) is 10.2. The zero-order valence-corrected chi connectivity index (χ0v) is 22.7. The first-order valence-corrected chi connectivity index (χ1v) is 13.0. The quantitative estimate of drug-likeness (QED) is 0.209. The van der Waals surface area contributed by atoms with Crippen molar-refractivity contribution in [1.82, 2.24) is 24.9 Å². The highest BCUT2D eigenvalue weighted by Gasteiger charge is 2.66. The Kier molecular flexibility index (Phi) is 7.80. The van der Waals surface area contributed by atoms with Crippen LogP contribution in [0.2, 0.25) is 0 Å². The SMILES string of the molecule is CC(=O)OCCn1ncc(Cc2ncc(-c3ccc(CC(=O)Nc4cc(C5(C(F)(F)F)CC5)on4)c(F)c3)cn2)c1C. The predicted octanol–water partition coefficient (Wildman–Crippen LogP) is 4.70. The smallest absolute Gasteiger partial charge is 0.401 e. The van der Waals surface area contributed by atoms with Gasteiger partial charge in [-0.2, -0.15) is 18.3 Å². The van der Waals surface area contributed by atoms with Crippen molar-refractivity contribution in [1.29, 1.82) is 0 Å². The van der Waals surface area contributed by atoms with Crippen LogP contribution >= 0.6 is 0 Å². The highest BCUT2D eigenvalue weighted by atomic mass is 19.4. The van der Waals surface area contributed by atoms with E-state index in [4.69, 9.17) is 9.26 Å². The van der Waals surface area contributed by atoms with Crippen molar-refractivity contribution in [3.63, 3.8) is 0 Å². The highest BCUT2D eigenvalue weighted by Crippen LogP contribution is 2.59. The molecule has 1 aliphatic carbocycles. The van der Waals surface area contributed by atoms with Crippen molar-refractivity contribution >= 4 is 17.7 Å². The molecule has 1 aromatic carbocycles. The van der Waals surface area contributed by atoms with Crippen molar-refractivity contribution in [2.75, 3.05) is 11.9 Å². The first-order valence-electron chi connectivity index (χ1n) is 13.0. The number of carbonyl (C=O) groups excluding carboxylic acids is 2. The summed E-state index contributed by atoms with van der Waals surface area (Å²) in [5.74, 6) is -1.63. The average molecular weight is 587 g/mol. The molecule has 1 saturated carbocycles. The third-order valence-corrected chi connectivity index (χ3v) is 7.15. The van der Waals surface area contributed by atoms with E-state index in [9.17, 15) is 27.2 Å². The molecule has 3 aromatic heterocycles. The van der Waals surface area contributed by atoms with Crippen LogP contribution in [-0.4, -0.2) is 49.6 Å². The standard InChI is InChI=1S/C28H26F4N6O4/c1-16-20(15-35-38(16)7-8-41-17(2)39)10-24-33-13-21(14-34-24)18-3-4-19(22(29)9-18)11-26(40)36-25-12-23(42-37-25)27(5-6-27)28(30,31)32/h3-4,9,12-15H,5-8,10-11H2,1-2H3,(H,36,37,40). The number of carbonyl (C=O) groups is 2. The molecular formula is C28H26F4N6O4. The van der Waals surface area contributed by atoms with Crippen LogP contribution in [0, 0.1) is 12.7 Å². The van der Waals surface area contributed by atoms with Gasteiger partial charge in [-0.15, -0.1) is 0 Å². The normalized spacial score (nSPS) is 14.0. The van der Waals surface area contributed by atoms with Crippen LogP contribution in [0.3, 0.4) is 0 Å². The lowest BCUT2D eigenvalue weighted by atomic mass is 10.0. The van der Waals surface area contributed by atoms with Gasteiger partial charge < -0.3 is 14.6 Å². The van der Waals surface area contributed by atoms with E-state index in [0.29, 0.717) is 29.9 Å². The molecule has 0 spiro atoms. The molecule has 220 valence electrons. The first-order chi connectivity index (χ1) is 19.9. The fraction of sp³-hybridized carbons (Fsp3) is 0.357. The Morgan fingerprint density at radius 3 is 2.48 bits per heavy atom. The third-order valence-electron chi connectivity index (χ3n) is 7.15. The van der Waals surface area contributed by atoms with Gasteiger partial charge in [-0.25, -0.2) is 14.4 Å². The molecule has 3 heterocycles. The minimum Gasteiger partial charge on any atom is -0.464 e. The number of halogens is 4. The lowest BCUT2D eigenvalue weighted by molar-refractivity contribution is -0.165. The number of alkyl halides is 3. The maximum Gasteiger partial charge on any atom is 0.401 e. The van der Waals surface area contributed by atoms with Crippen molar-refractivity contribution in [3.05, 3.63) is 77.1 Å². The van der Waals surface area contributed by atoms with E-state index < -0.39 is 23.3 Å². The number of esters is 1. The zero-order valence-electron chi connectivity index (χ0n) is 22.7. The molecular weight excluding hydrogens is 560 g/mol. The molecule has 0 atom stereocenters. The molecule has 42 heavy (non-hydrogen) atoms. The lowest BCUT2D eigenvalue weighted by Gasteiger charge is -2.14. The van der Waals surface area contributed by atoms with Crippen LogP contribution in [-0.2, 0) is 39.1 Å². The molecule has 5 rings (SSSR count). The molecule has 1 aliphatic rings. The molecule has 1 N–H and O–H groups in total. The number of amides is 1. The van der Waals surface area contributed by atoms with Gasteiger partial charge >= 0.3 is 12.1 Å². The predicted molar refractivity (Wildman–Crippen MR) is 140 cm³/mol. The molecule has 1 fully saturated rings. The largest absolute Gasteiger partial charge is 0.464 e. The van der Waals surface area contributed by atoms with Gasteiger partial charge in [0.1, 0.15) is 23.7 Å². The second-order valence-corrected chi connectivity index (χ2v) is 10.1. The Hall–Kier alpha value is -4.62. The molecule has 0 aliphatic heterocycles. The maximum absolute atomic E-state index is 14.9.